The molecule has 0 aliphatic heterocycles. The first kappa shape index (κ1) is 13.1. The van der Waals surface area contributed by atoms with E-state index in [1.54, 1.807) is 11.3 Å². The van der Waals surface area contributed by atoms with Crippen LogP contribution in [-0.4, -0.2) is 10.9 Å². The van der Waals surface area contributed by atoms with E-state index in [4.69, 9.17) is 5.21 Å². The highest BCUT2D eigenvalue weighted by Gasteiger charge is 2.14. The Balaban J connectivity index is 1.76. The molecule has 1 aliphatic rings. The van der Waals surface area contributed by atoms with Crippen molar-refractivity contribution in [2.45, 2.75) is 19.3 Å². The van der Waals surface area contributed by atoms with Crippen LogP contribution in [0.2, 0.25) is 0 Å². The molecule has 3 rings (SSSR count). The van der Waals surface area contributed by atoms with Crippen molar-refractivity contribution in [3.05, 3.63) is 63.6 Å². The fourth-order valence-corrected chi connectivity index (χ4v) is 3.42. The molecule has 102 valence electrons. The van der Waals surface area contributed by atoms with Gasteiger partial charge in [-0.2, -0.15) is 0 Å². The third kappa shape index (κ3) is 2.80. The Bertz CT molecular complexity index is 670. The minimum absolute atomic E-state index is 0.201. The van der Waals surface area contributed by atoms with Crippen LogP contribution in [-0.2, 0) is 6.42 Å². The number of nitrogens with zero attached hydrogens (tertiary/aromatic N) is 1. The molecule has 1 aliphatic carbocycles. The predicted octanol–water partition coefficient (Wildman–Crippen LogP) is 4.49. The van der Waals surface area contributed by atoms with Gasteiger partial charge in [-0.3, -0.25) is 0 Å². The van der Waals surface area contributed by atoms with Crippen molar-refractivity contribution >= 4 is 22.6 Å². The van der Waals surface area contributed by atoms with E-state index >= 15 is 0 Å². The predicted molar refractivity (Wildman–Crippen MR) is 80.0 cm³/mol. The number of halogens is 1. The quantitative estimate of drug-likeness (QED) is 0.655. The monoisotopic (exact) mass is 287 g/mol. The summed E-state index contributed by atoms with van der Waals surface area (Å²) in [5.41, 5.74) is 3.08. The van der Waals surface area contributed by atoms with Crippen LogP contribution in [0, 0.1) is 5.82 Å². The molecule has 0 amide bonds. The molecular weight excluding hydrogens is 273 g/mol. The maximum Gasteiger partial charge on any atom is 0.123 e. The summed E-state index contributed by atoms with van der Waals surface area (Å²) in [5.74, 6) is -0.201. The Morgan fingerprint density at radius 1 is 1.10 bits per heavy atom. The van der Waals surface area contributed by atoms with Gasteiger partial charge in [0.05, 0.1) is 5.71 Å². The molecule has 1 heterocycles. The average molecular weight is 287 g/mol. The van der Waals surface area contributed by atoms with Gasteiger partial charge in [0.15, 0.2) is 0 Å². The fourth-order valence-electron chi connectivity index (χ4n) is 2.33. The minimum Gasteiger partial charge on any atom is -0.411 e. The van der Waals surface area contributed by atoms with Gasteiger partial charge in [0.25, 0.3) is 0 Å². The van der Waals surface area contributed by atoms with Crippen molar-refractivity contribution in [3.8, 4) is 0 Å². The molecule has 0 saturated heterocycles. The molecular formula is C16H14FNOS. The molecule has 0 atom stereocenters. The van der Waals surface area contributed by atoms with Crippen molar-refractivity contribution in [3.63, 3.8) is 0 Å². The van der Waals surface area contributed by atoms with Gasteiger partial charge in [0, 0.05) is 16.2 Å². The lowest BCUT2D eigenvalue weighted by Gasteiger charge is -1.98. The Kier molecular flexibility index (Phi) is 3.65. The second-order valence-corrected chi connectivity index (χ2v) is 6.00. The zero-order chi connectivity index (χ0) is 13.9. The van der Waals surface area contributed by atoms with Crippen molar-refractivity contribution in [1.82, 2.24) is 0 Å². The Labute approximate surface area is 120 Å². The van der Waals surface area contributed by atoms with Gasteiger partial charge in [0.1, 0.15) is 5.82 Å². The number of thiophene rings is 1. The average Bonchev–Trinajstić information content (AvgIpc) is 3.10. The molecule has 0 unspecified atom stereocenters. The van der Waals surface area contributed by atoms with Crippen molar-refractivity contribution < 1.29 is 9.60 Å². The summed E-state index contributed by atoms with van der Waals surface area (Å²) in [6.07, 6.45) is 4.50. The largest absolute Gasteiger partial charge is 0.411 e. The van der Waals surface area contributed by atoms with Crippen LogP contribution in [0.4, 0.5) is 4.39 Å². The van der Waals surface area contributed by atoms with Gasteiger partial charge in [-0.15, -0.1) is 11.3 Å². The zero-order valence-corrected chi connectivity index (χ0v) is 11.7. The molecule has 0 bridgehead atoms. The molecule has 0 fully saturated rings. The number of allylic oxidation sites excluding steroid dienone is 2. The van der Waals surface area contributed by atoms with Crippen LogP contribution < -0.4 is 0 Å². The van der Waals surface area contributed by atoms with E-state index in [2.05, 4.69) is 17.3 Å². The van der Waals surface area contributed by atoms with Crippen molar-refractivity contribution in [2.75, 3.05) is 0 Å². The molecule has 0 radical (unpaired) electrons. The lowest BCUT2D eigenvalue weighted by Crippen LogP contribution is -1.84. The van der Waals surface area contributed by atoms with Gasteiger partial charge in [0.2, 0.25) is 0 Å². The molecule has 4 heteroatoms. The first-order chi connectivity index (χ1) is 9.74. The van der Waals surface area contributed by atoms with Gasteiger partial charge in [-0.25, -0.2) is 4.39 Å². The number of hydrogen-bond donors (Lipinski definition) is 1. The normalized spacial score (nSPS) is 16.6. The standard InChI is InChI=1S/C16H14FNOS/c17-13-4-1-11(2-5-13)9-15-7-8-16(20-15)12-3-6-14(10-12)18-19/h1-2,4-5,7-8,10,19H,3,6,9H2/b18-14+. The van der Waals surface area contributed by atoms with E-state index in [1.165, 1.54) is 27.5 Å². The number of oxime groups is 1. The van der Waals surface area contributed by atoms with Crippen LogP contribution in [0.5, 0.6) is 0 Å². The second kappa shape index (κ2) is 5.59. The van der Waals surface area contributed by atoms with Gasteiger partial charge < -0.3 is 5.21 Å². The summed E-state index contributed by atoms with van der Waals surface area (Å²) in [4.78, 5) is 2.47. The molecule has 2 nitrogen and oxygen atoms in total. The Morgan fingerprint density at radius 2 is 1.90 bits per heavy atom. The van der Waals surface area contributed by atoms with E-state index in [0.29, 0.717) is 0 Å². The summed E-state index contributed by atoms with van der Waals surface area (Å²) in [6.45, 7) is 0. The maximum atomic E-state index is 12.9. The maximum absolute atomic E-state index is 12.9. The smallest absolute Gasteiger partial charge is 0.123 e. The second-order valence-electron chi connectivity index (χ2n) is 4.83. The third-order valence-electron chi connectivity index (χ3n) is 3.39. The summed E-state index contributed by atoms with van der Waals surface area (Å²) in [7, 11) is 0. The topological polar surface area (TPSA) is 32.6 Å². The molecule has 20 heavy (non-hydrogen) atoms. The van der Waals surface area contributed by atoms with E-state index in [1.807, 2.05) is 18.2 Å². The molecule has 0 saturated carbocycles. The summed E-state index contributed by atoms with van der Waals surface area (Å²) >= 11 is 1.74. The Hall–Kier alpha value is -1.94. The highest BCUT2D eigenvalue weighted by Crippen LogP contribution is 2.32. The van der Waals surface area contributed by atoms with E-state index < -0.39 is 0 Å². The zero-order valence-electron chi connectivity index (χ0n) is 10.8. The van der Waals surface area contributed by atoms with Crippen LogP contribution in [0.15, 0.2) is 47.6 Å². The third-order valence-corrected chi connectivity index (χ3v) is 4.55. The summed E-state index contributed by atoms with van der Waals surface area (Å²) in [5, 5.41) is 12.0. The summed E-state index contributed by atoms with van der Waals surface area (Å²) in [6, 6.07) is 10.8. The van der Waals surface area contributed by atoms with Crippen molar-refractivity contribution in [1.29, 1.82) is 0 Å². The molecule has 1 aromatic carbocycles. The fraction of sp³-hybridized carbons (Fsp3) is 0.188. The first-order valence-electron chi connectivity index (χ1n) is 6.49. The van der Waals surface area contributed by atoms with Crippen LogP contribution >= 0.6 is 11.3 Å². The molecule has 2 aromatic rings. The van der Waals surface area contributed by atoms with Gasteiger partial charge in [-0.1, -0.05) is 17.3 Å². The molecule has 0 spiro atoms. The number of rotatable bonds is 3. The van der Waals surface area contributed by atoms with E-state index in [-0.39, 0.29) is 5.82 Å². The van der Waals surface area contributed by atoms with Gasteiger partial charge >= 0.3 is 0 Å². The van der Waals surface area contributed by atoms with Crippen LogP contribution in [0.25, 0.3) is 5.57 Å². The SMILES string of the molecule is O/N=C1/C=C(c2ccc(Cc3ccc(F)cc3)s2)CC1. The minimum atomic E-state index is -0.201. The van der Waals surface area contributed by atoms with Crippen LogP contribution in [0.3, 0.4) is 0 Å². The van der Waals surface area contributed by atoms with E-state index in [0.717, 1.165) is 30.5 Å². The molecule has 1 N–H and O–H groups in total. The first-order valence-corrected chi connectivity index (χ1v) is 7.31. The van der Waals surface area contributed by atoms with Crippen LogP contribution in [0.1, 0.15) is 28.2 Å². The highest BCUT2D eigenvalue weighted by molar-refractivity contribution is 7.13. The van der Waals surface area contributed by atoms with E-state index in [9.17, 15) is 4.39 Å². The highest BCUT2D eigenvalue weighted by atomic mass is 32.1. The lowest BCUT2D eigenvalue weighted by molar-refractivity contribution is 0.318. The van der Waals surface area contributed by atoms with Gasteiger partial charge in [-0.05, 0) is 54.3 Å². The lowest BCUT2D eigenvalue weighted by atomic mass is 10.1. The number of benzene rings is 1. The van der Waals surface area contributed by atoms with Crippen molar-refractivity contribution in [2.24, 2.45) is 5.16 Å². The number of hydrogen-bond acceptors (Lipinski definition) is 3. The summed E-state index contributed by atoms with van der Waals surface area (Å²) < 4.78 is 12.9. The molecule has 1 aromatic heterocycles. The Morgan fingerprint density at radius 3 is 2.60 bits per heavy atom.